The second kappa shape index (κ2) is 6.62. The van der Waals surface area contributed by atoms with Crippen LogP contribution in [0.15, 0.2) is 0 Å². The first-order chi connectivity index (χ1) is 9.95. The van der Waals surface area contributed by atoms with E-state index in [0.29, 0.717) is 18.8 Å². The molecule has 0 aromatic heterocycles. The minimum Gasteiger partial charge on any atom is -0.377 e. The molecule has 0 bridgehead atoms. The van der Waals surface area contributed by atoms with Crippen LogP contribution in [0.2, 0.25) is 0 Å². The molecule has 118 valence electrons. The third kappa shape index (κ3) is 3.30. The summed E-state index contributed by atoms with van der Waals surface area (Å²) in [4.78, 5) is 0. The molecule has 0 spiro atoms. The lowest BCUT2D eigenvalue weighted by Gasteiger charge is -2.19. The van der Waals surface area contributed by atoms with Crippen molar-refractivity contribution in [1.29, 1.82) is 0 Å². The van der Waals surface area contributed by atoms with E-state index >= 15 is 0 Å². The summed E-state index contributed by atoms with van der Waals surface area (Å²) in [6.45, 7) is 2.09. The molecule has 6 heteroatoms. The van der Waals surface area contributed by atoms with Gasteiger partial charge in [-0.2, -0.15) is 0 Å². The van der Waals surface area contributed by atoms with Gasteiger partial charge in [-0.1, -0.05) is 26.2 Å². The van der Waals surface area contributed by atoms with Gasteiger partial charge in [0.2, 0.25) is 5.82 Å². The smallest absolute Gasteiger partial charge is 0.200 e. The van der Waals surface area contributed by atoms with Gasteiger partial charge in [-0.25, -0.2) is 22.0 Å². The third-order valence-electron chi connectivity index (χ3n) is 4.22. The van der Waals surface area contributed by atoms with Crippen molar-refractivity contribution in [3.8, 4) is 0 Å². The molecule has 1 fully saturated rings. The fraction of sp³-hybridized carbons (Fsp3) is 0.600. The van der Waals surface area contributed by atoms with Crippen molar-refractivity contribution in [3.63, 3.8) is 0 Å². The monoisotopic (exact) mass is 307 g/mol. The Morgan fingerprint density at radius 3 is 1.95 bits per heavy atom. The van der Waals surface area contributed by atoms with E-state index < -0.39 is 34.8 Å². The second-order valence-electron chi connectivity index (χ2n) is 5.57. The van der Waals surface area contributed by atoms with Gasteiger partial charge in [-0.05, 0) is 25.2 Å². The maximum absolute atomic E-state index is 13.6. The highest BCUT2D eigenvalue weighted by Gasteiger charge is 2.27. The van der Waals surface area contributed by atoms with Crippen LogP contribution in [0.25, 0.3) is 0 Å². The molecule has 1 aromatic rings. The average molecular weight is 307 g/mol. The highest BCUT2D eigenvalue weighted by Crippen LogP contribution is 2.31. The summed E-state index contributed by atoms with van der Waals surface area (Å²) in [5.41, 5.74) is -0.911. The number of halogens is 5. The first-order valence-corrected chi connectivity index (χ1v) is 7.23. The molecule has 1 aromatic carbocycles. The van der Waals surface area contributed by atoms with Gasteiger partial charge in [-0.15, -0.1) is 0 Å². The van der Waals surface area contributed by atoms with E-state index in [1.54, 1.807) is 0 Å². The van der Waals surface area contributed by atoms with Gasteiger partial charge in [0.1, 0.15) is 5.69 Å². The van der Waals surface area contributed by atoms with Crippen LogP contribution in [0.5, 0.6) is 0 Å². The summed E-state index contributed by atoms with van der Waals surface area (Å²) in [5.74, 6) is -8.95. The molecule has 0 amide bonds. The van der Waals surface area contributed by atoms with Crippen LogP contribution in [0, 0.1) is 35.0 Å². The lowest BCUT2D eigenvalue weighted by Crippen LogP contribution is -2.21. The largest absolute Gasteiger partial charge is 0.377 e. The summed E-state index contributed by atoms with van der Waals surface area (Å²) >= 11 is 0. The molecule has 2 unspecified atom stereocenters. The number of hydrogen-bond acceptors (Lipinski definition) is 1. The predicted molar refractivity (Wildman–Crippen MR) is 70.5 cm³/mol. The van der Waals surface area contributed by atoms with Crippen molar-refractivity contribution >= 4 is 5.69 Å². The molecule has 0 saturated heterocycles. The molecule has 2 atom stereocenters. The third-order valence-corrected chi connectivity index (χ3v) is 4.22. The van der Waals surface area contributed by atoms with E-state index in [4.69, 9.17) is 0 Å². The van der Waals surface area contributed by atoms with Gasteiger partial charge < -0.3 is 5.32 Å². The van der Waals surface area contributed by atoms with Crippen LogP contribution in [0.1, 0.15) is 45.4 Å². The molecule has 2 rings (SSSR count). The van der Waals surface area contributed by atoms with Crippen LogP contribution >= 0.6 is 0 Å². The average Bonchev–Trinajstić information content (AvgIpc) is 2.72. The Labute approximate surface area is 120 Å². The van der Waals surface area contributed by atoms with Crippen LogP contribution in [0.3, 0.4) is 0 Å². The fourth-order valence-electron chi connectivity index (χ4n) is 2.87. The zero-order chi connectivity index (χ0) is 15.6. The van der Waals surface area contributed by atoms with Crippen molar-refractivity contribution in [2.45, 2.75) is 51.5 Å². The first kappa shape index (κ1) is 16.0. The van der Waals surface area contributed by atoms with Crippen LogP contribution < -0.4 is 5.32 Å². The van der Waals surface area contributed by atoms with E-state index in [9.17, 15) is 22.0 Å². The zero-order valence-corrected chi connectivity index (χ0v) is 11.8. The molecule has 1 saturated carbocycles. The quantitative estimate of drug-likeness (QED) is 0.352. The topological polar surface area (TPSA) is 12.0 Å². The van der Waals surface area contributed by atoms with E-state index in [-0.39, 0.29) is 6.04 Å². The summed E-state index contributed by atoms with van der Waals surface area (Å²) < 4.78 is 66.5. The highest BCUT2D eigenvalue weighted by atomic mass is 19.2. The fourth-order valence-corrected chi connectivity index (χ4v) is 2.87. The standard InChI is InChI=1S/C15H18F5N/c1-2-8-4-3-5-9(7-6-8)21-15-13(19)11(17)10(16)12(18)14(15)20/h8-9,21H,2-7H2,1H3. The molecule has 0 aliphatic heterocycles. The van der Waals surface area contributed by atoms with Crippen molar-refractivity contribution in [1.82, 2.24) is 0 Å². The number of hydrogen-bond donors (Lipinski definition) is 1. The van der Waals surface area contributed by atoms with Gasteiger partial charge in [0.15, 0.2) is 23.3 Å². The molecule has 1 aliphatic carbocycles. The molecule has 0 heterocycles. The minimum atomic E-state index is -2.12. The number of rotatable bonds is 3. The maximum Gasteiger partial charge on any atom is 0.200 e. The van der Waals surface area contributed by atoms with Gasteiger partial charge in [0.25, 0.3) is 0 Å². The van der Waals surface area contributed by atoms with Crippen LogP contribution in [-0.2, 0) is 0 Å². The Morgan fingerprint density at radius 1 is 0.810 bits per heavy atom. The SMILES string of the molecule is CCC1CCCC(Nc2c(F)c(F)c(F)c(F)c2F)CC1. The zero-order valence-electron chi connectivity index (χ0n) is 11.8. The number of nitrogens with one attached hydrogen (secondary N) is 1. The van der Waals surface area contributed by atoms with Crippen molar-refractivity contribution < 1.29 is 22.0 Å². The molecule has 1 aliphatic rings. The first-order valence-electron chi connectivity index (χ1n) is 7.23. The van der Waals surface area contributed by atoms with E-state index in [2.05, 4.69) is 12.2 Å². The van der Waals surface area contributed by atoms with Gasteiger partial charge in [0, 0.05) is 6.04 Å². The van der Waals surface area contributed by atoms with Crippen molar-refractivity contribution in [2.75, 3.05) is 5.32 Å². The highest BCUT2D eigenvalue weighted by molar-refractivity contribution is 5.48. The molecular weight excluding hydrogens is 289 g/mol. The Kier molecular flexibility index (Phi) is 5.06. The van der Waals surface area contributed by atoms with E-state index in [0.717, 1.165) is 25.7 Å². The summed E-state index contributed by atoms with van der Waals surface area (Å²) in [6.07, 6.45) is 5.17. The number of anilines is 1. The summed E-state index contributed by atoms with van der Waals surface area (Å²) in [5, 5.41) is 2.51. The second-order valence-corrected chi connectivity index (χ2v) is 5.57. The lowest BCUT2D eigenvalue weighted by molar-refractivity contribution is 0.380. The Hall–Kier alpha value is -1.33. The number of benzene rings is 1. The maximum atomic E-state index is 13.6. The minimum absolute atomic E-state index is 0.269. The Morgan fingerprint density at radius 2 is 1.38 bits per heavy atom. The van der Waals surface area contributed by atoms with Gasteiger partial charge in [-0.3, -0.25) is 0 Å². The molecule has 1 N–H and O–H groups in total. The molecule has 21 heavy (non-hydrogen) atoms. The molecule has 1 nitrogen and oxygen atoms in total. The van der Waals surface area contributed by atoms with Crippen molar-refractivity contribution in [2.24, 2.45) is 5.92 Å². The van der Waals surface area contributed by atoms with E-state index in [1.165, 1.54) is 0 Å². The van der Waals surface area contributed by atoms with E-state index in [1.807, 2.05) is 0 Å². The summed E-state index contributed by atoms with van der Waals surface area (Å²) in [7, 11) is 0. The predicted octanol–water partition coefficient (Wildman–Crippen LogP) is 5.15. The lowest BCUT2D eigenvalue weighted by atomic mass is 9.98. The van der Waals surface area contributed by atoms with Gasteiger partial charge >= 0.3 is 0 Å². The Balaban J connectivity index is 2.20. The Bertz CT molecular complexity index is 488. The normalized spacial score (nSPS) is 23.0. The van der Waals surface area contributed by atoms with Gasteiger partial charge in [0.05, 0.1) is 0 Å². The molecular formula is C15H18F5N. The van der Waals surface area contributed by atoms with Crippen LogP contribution in [-0.4, -0.2) is 6.04 Å². The van der Waals surface area contributed by atoms with Crippen LogP contribution in [0.4, 0.5) is 27.6 Å². The summed E-state index contributed by atoms with van der Waals surface area (Å²) in [6, 6.07) is -0.269. The van der Waals surface area contributed by atoms with Crippen molar-refractivity contribution in [3.05, 3.63) is 29.1 Å². The molecule has 0 radical (unpaired) electrons.